The second-order valence-electron chi connectivity index (χ2n) is 7.07. The fourth-order valence-corrected chi connectivity index (χ4v) is 4.08. The summed E-state index contributed by atoms with van der Waals surface area (Å²) in [5.41, 5.74) is 3.77. The number of nitrogens with one attached hydrogen (secondary N) is 1. The Morgan fingerprint density at radius 2 is 2.03 bits per heavy atom. The van der Waals surface area contributed by atoms with E-state index < -0.39 is 0 Å². The summed E-state index contributed by atoms with van der Waals surface area (Å²) in [6.07, 6.45) is 8.48. The molecule has 31 heavy (non-hydrogen) atoms. The van der Waals surface area contributed by atoms with E-state index in [0.717, 1.165) is 54.5 Å². The Balaban J connectivity index is 1.37. The molecule has 0 saturated carbocycles. The summed E-state index contributed by atoms with van der Waals surface area (Å²) in [4.78, 5) is 24.1. The number of hydrogen-bond acceptors (Lipinski definition) is 7. The summed E-state index contributed by atoms with van der Waals surface area (Å²) in [6, 6.07) is 9.86. The zero-order chi connectivity index (χ0) is 21.5. The summed E-state index contributed by atoms with van der Waals surface area (Å²) in [6.45, 7) is 4.37. The van der Waals surface area contributed by atoms with Crippen molar-refractivity contribution in [3.8, 4) is 15.6 Å². The lowest BCUT2D eigenvalue weighted by Crippen LogP contribution is -2.35. The molecule has 3 aromatic rings. The highest BCUT2D eigenvalue weighted by molar-refractivity contribution is 7.16. The molecule has 0 unspecified atom stereocenters. The van der Waals surface area contributed by atoms with Crippen LogP contribution in [0.3, 0.4) is 0 Å². The molecule has 1 amide bonds. The number of nitrogens with zero attached hydrogens (tertiary/aromatic N) is 3. The van der Waals surface area contributed by atoms with Crippen LogP contribution in [0.4, 0.5) is 5.69 Å². The standard InChI is InChI=1S/C23H24N4O3S/c1-29-23-25-15-21(31-23)20-8-9-24-14-18(20)4-7-22(28)26-19-5-2-17(3-6-19)16-27-10-12-30-13-11-27/h2-9,14-15H,10-13,16H2,1H3,(H,26,28)/b7-4+. The number of carbonyl (C=O) groups excluding carboxylic acids is 1. The van der Waals surface area contributed by atoms with Crippen molar-refractivity contribution in [1.29, 1.82) is 0 Å². The van der Waals surface area contributed by atoms with E-state index in [4.69, 9.17) is 9.47 Å². The summed E-state index contributed by atoms with van der Waals surface area (Å²) < 4.78 is 10.6. The summed E-state index contributed by atoms with van der Waals surface area (Å²) in [5.74, 6) is -0.197. The van der Waals surface area contributed by atoms with E-state index in [1.807, 2.05) is 30.3 Å². The molecule has 0 spiro atoms. The van der Waals surface area contributed by atoms with Crippen LogP contribution in [0.1, 0.15) is 11.1 Å². The Hall–Kier alpha value is -3.07. The largest absolute Gasteiger partial charge is 0.473 e. The van der Waals surface area contributed by atoms with Gasteiger partial charge in [0, 0.05) is 61.1 Å². The lowest BCUT2D eigenvalue weighted by atomic mass is 10.1. The van der Waals surface area contributed by atoms with Gasteiger partial charge in [-0.1, -0.05) is 23.5 Å². The van der Waals surface area contributed by atoms with Crippen LogP contribution < -0.4 is 10.1 Å². The Labute approximate surface area is 185 Å². The number of pyridine rings is 1. The third-order valence-electron chi connectivity index (χ3n) is 4.92. The van der Waals surface area contributed by atoms with Crippen molar-refractivity contribution in [2.24, 2.45) is 0 Å². The first-order valence-electron chi connectivity index (χ1n) is 10.0. The number of aromatic nitrogens is 2. The van der Waals surface area contributed by atoms with Crippen molar-refractivity contribution in [3.63, 3.8) is 0 Å². The second kappa shape index (κ2) is 10.3. The van der Waals surface area contributed by atoms with E-state index in [-0.39, 0.29) is 5.91 Å². The average molecular weight is 437 g/mol. The molecule has 1 aromatic carbocycles. The Morgan fingerprint density at radius 1 is 1.23 bits per heavy atom. The van der Waals surface area contributed by atoms with Crippen molar-refractivity contribution < 1.29 is 14.3 Å². The van der Waals surface area contributed by atoms with Crippen LogP contribution in [0.2, 0.25) is 0 Å². The van der Waals surface area contributed by atoms with E-state index in [2.05, 4.69) is 20.2 Å². The predicted octanol–water partition coefficient (Wildman–Crippen LogP) is 3.70. The van der Waals surface area contributed by atoms with Gasteiger partial charge >= 0.3 is 0 Å². The van der Waals surface area contributed by atoms with Crippen LogP contribution in [0, 0.1) is 0 Å². The quantitative estimate of drug-likeness (QED) is 0.569. The number of methoxy groups -OCH3 is 1. The van der Waals surface area contributed by atoms with E-state index in [1.165, 1.54) is 23.0 Å². The molecule has 3 heterocycles. The first-order chi connectivity index (χ1) is 15.2. The van der Waals surface area contributed by atoms with Crippen LogP contribution >= 0.6 is 11.3 Å². The number of anilines is 1. The highest BCUT2D eigenvalue weighted by atomic mass is 32.1. The van der Waals surface area contributed by atoms with Gasteiger partial charge in [-0.25, -0.2) is 4.98 Å². The molecule has 1 N–H and O–H groups in total. The van der Waals surface area contributed by atoms with Gasteiger partial charge in [0.05, 0.1) is 25.2 Å². The Kier molecular flexibility index (Phi) is 7.03. The zero-order valence-electron chi connectivity index (χ0n) is 17.3. The molecule has 1 saturated heterocycles. The second-order valence-corrected chi connectivity index (χ2v) is 8.06. The van der Waals surface area contributed by atoms with Crippen LogP contribution in [0.5, 0.6) is 5.19 Å². The number of ether oxygens (including phenoxy) is 2. The van der Waals surface area contributed by atoms with Crippen LogP contribution in [-0.4, -0.2) is 54.2 Å². The minimum Gasteiger partial charge on any atom is -0.473 e. The molecular weight excluding hydrogens is 412 g/mol. The minimum atomic E-state index is -0.197. The first-order valence-corrected chi connectivity index (χ1v) is 10.9. The summed E-state index contributed by atoms with van der Waals surface area (Å²) in [7, 11) is 1.59. The van der Waals surface area contributed by atoms with E-state index in [1.54, 1.807) is 31.8 Å². The van der Waals surface area contributed by atoms with Crippen molar-refractivity contribution in [1.82, 2.24) is 14.9 Å². The zero-order valence-corrected chi connectivity index (χ0v) is 18.1. The molecule has 1 aliphatic heterocycles. The number of thiazole rings is 1. The van der Waals surface area contributed by atoms with Crippen LogP contribution in [0.15, 0.2) is 55.0 Å². The molecule has 1 aliphatic rings. The van der Waals surface area contributed by atoms with Crippen LogP contribution in [-0.2, 0) is 16.1 Å². The van der Waals surface area contributed by atoms with Gasteiger partial charge in [0.25, 0.3) is 5.19 Å². The van der Waals surface area contributed by atoms with Gasteiger partial charge in [-0.05, 0) is 29.8 Å². The third kappa shape index (κ3) is 5.75. The molecule has 0 bridgehead atoms. The first kappa shape index (κ1) is 21.2. The molecule has 160 valence electrons. The van der Waals surface area contributed by atoms with Crippen molar-refractivity contribution in [2.45, 2.75) is 6.54 Å². The molecule has 0 atom stereocenters. The van der Waals surface area contributed by atoms with Gasteiger partial charge in [-0.15, -0.1) is 0 Å². The lowest BCUT2D eigenvalue weighted by Gasteiger charge is -2.26. The third-order valence-corrected chi connectivity index (χ3v) is 5.91. The van der Waals surface area contributed by atoms with Gasteiger partial charge in [-0.3, -0.25) is 14.7 Å². The maximum Gasteiger partial charge on any atom is 0.273 e. The summed E-state index contributed by atoms with van der Waals surface area (Å²) >= 11 is 1.44. The van der Waals surface area contributed by atoms with Crippen molar-refractivity contribution >= 4 is 29.0 Å². The van der Waals surface area contributed by atoms with E-state index >= 15 is 0 Å². The fraction of sp³-hybridized carbons (Fsp3) is 0.261. The number of carbonyl (C=O) groups is 1. The molecule has 4 rings (SSSR count). The van der Waals surface area contributed by atoms with Crippen molar-refractivity contribution in [2.75, 3.05) is 38.7 Å². The van der Waals surface area contributed by atoms with Gasteiger partial charge in [0.15, 0.2) is 0 Å². The lowest BCUT2D eigenvalue weighted by molar-refractivity contribution is -0.111. The number of hydrogen-bond donors (Lipinski definition) is 1. The molecule has 0 aliphatic carbocycles. The van der Waals surface area contributed by atoms with Crippen LogP contribution in [0.25, 0.3) is 16.5 Å². The summed E-state index contributed by atoms with van der Waals surface area (Å²) in [5, 5.41) is 3.50. The number of morpholine rings is 1. The number of benzene rings is 1. The minimum absolute atomic E-state index is 0.197. The molecular formula is C23H24N4O3S. The maximum absolute atomic E-state index is 12.4. The van der Waals surface area contributed by atoms with E-state index in [0.29, 0.717) is 5.19 Å². The molecule has 1 fully saturated rings. The SMILES string of the molecule is COc1ncc(-c2ccncc2/C=C/C(=O)Nc2ccc(CN3CCOCC3)cc2)s1. The monoisotopic (exact) mass is 436 g/mol. The van der Waals surface area contributed by atoms with Crippen molar-refractivity contribution in [3.05, 3.63) is 66.1 Å². The van der Waals surface area contributed by atoms with Gasteiger partial charge in [-0.2, -0.15) is 0 Å². The highest BCUT2D eigenvalue weighted by Crippen LogP contribution is 2.32. The molecule has 0 radical (unpaired) electrons. The van der Waals surface area contributed by atoms with Gasteiger partial charge < -0.3 is 14.8 Å². The van der Waals surface area contributed by atoms with E-state index in [9.17, 15) is 4.79 Å². The van der Waals surface area contributed by atoms with Gasteiger partial charge in [0.1, 0.15) is 0 Å². The topological polar surface area (TPSA) is 76.6 Å². The highest BCUT2D eigenvalue weighted by Gasteiger charge is 2.11. The number of amides is 1. The molecule has 8 heteroatoms. The number of rotatable bonds is 7. The Bertz CT molecular complexity index is 1040. The van der Waals surface area contributed by atoms with Gasteiger partial charge in [0.2, 0.25) is 5.91 Å². The Morgan fingerprint density at radius 3 is 2.77 bits per heavy atom. The predicted molar refractivity (Wildman–Crippen MR) is 122 cm³/mol. The molecule has 2 aromatic heterocycles. The normalized spacial score (nSPS) is 14.6. The molecule has 7 nitrogen and oxygen atoms in total. The average Bonchev–Trinajstić information content (AvgIpc) is 3.29. The maximum atomic E-state index is 12.4. The smallest absolute Gasteiger partial charge is 0.273 e. The fourth-order valence-electron chi connectivity index (χ4n) is 3.30.